The quantitative estimate of drug-likeness (QED) is 0.506. The molecule has 0 atom stereocenters. The van der Waals surface area contributed by atoms with Crippen LogP contribution in [0.25, 0.3) is 10.2 Å². The Labute approximate surface area is 159 Å². The number of hydrogen-bond acceptors (Lipinski definition) is 7. The van der Waals surface area contributed by atoms with E-state index in [9.17, 15) is 14.9 Å². The largest absolute Gasteiger partial charge is 0.345 e. The van der Waals surface area contributed by atoms with Crippen molar-refractivity contribution in [3.8, 4) is 0 Å². The molecule has 0 bridgehead atoms. The third-order valence-corrected chi connectivity index (χ3v) is 5.82. The van der Waals surface area contributed by atoms with Crippen LogP contribution in [0.3, 0.4) is 0 Å². The monoisotopic (exact) mass is 386 g/mol. The van der Waals surface area contributed by atoms with Gasteiger partial charge in [0.05, 0.1) is 15.1 Å². The fourth-order valence-corrected chi connectivity index (χ4v) is 4.13. The maximum absolute atomic E-state index is 12.6. The lowest BCUT2D eigenvalue weighted by molar-refractivity contribution is -0.384. The molecule has 4 rings (SSSR count). The number of hydrogen-bond donors (Lipinski definition) is 0. The van der Waals surface area contributed by atoms with E-state index in [0.29, 0.717) is 31.9 Å². The summed E-state index contributed by atoms with van der Waals surface area (Å²) in [6.45, 7) is 4.42. The van der Waals surface area contributed by atoms with Gasteiger partial charge in [-0.2, -0.15) is 5.10 Å². The zero-order valence-corrected chi connectivity index (χ0v) is 15.8. The fourth-order valence-electron chi connectivity index (χ4n) is 3.08. The highest BCUT2D eigenvalue weighted by Gasteiger charge is 2.25. The standard InChI is InChI=1S/C17H18N6O3S/c1-11-9-14(19-20(11)2)16(24)21-5-7-22(8-6-21)17-18-13-4-3-12(23(25)26)10-15(13)27-17/h3-4,9-10H,5-8H2,1-2H3. The smallest absolute Gasteiger partial charge is 0.274 e. The van der Waals surface area contributed by atoms with Crippen molar-refractivity contribution in [3.63, 3.8) is 0 Å². The summed E-state index contributed by atoms with van der Waals surface area (Å²) in [5.41, 5.74) is 2.23. The number of thiazole rings is 1. The molecule has 0 aliphatic carbocycles. The summed E-state index contributed by atoms with van der Waals surface area (Å²) in [5, 5.41) is 16.0. The number of nitro benzene ring substituents is 1. The third kappa shape index (κ3) is 3.23. The van der Waals surface area contributed by atoms with Crippen molar-refractivity contribution in [1.29, 1.82) is 0 Å². The van der Waals surface area contributed by atoms with Crippen LogP contribution in [0.4, 0.5) is 10.8 Å². The van der Waals surface area contributed by atoms with Crippen molar-refractivity contribution in [2.75, 3.05) is 31.1 Å². The molecule has 140 valence electrons. The van der Waals surface area contributed by atoms with Crippen molar-refractivity contribution in [2.24, 2.45) is 7.05 Å². The Morgan fingerprint density at radius 1 is 1.22 bits per heavy atom. The van der Waals surface area contributed by atoms with Crippen LogP contribution in [0.2, 0.25) is 0 Å². The molecule has 0 radical (unpaired) electrons. The van der Waals surface area contributed by atoms with E-state index < -0.39 is 4.92 Å². The first-order valence-corrected chi connectivity index (χ1v) is 9.34. The molecule has 3 heterocycles. The third-order valence-electron chi connectivity index (χ3n) is 4.74. The summed E-state index contributed by atoms with van der Waals surface area (Å²) in [5.74, 6) is -0.0572. The number of nitro groups is 1. The van der Waals surface area contributed by atoms with E-state index in [1.54, 1.807) is 27.8 Å². The van der Waals surface area contributed by atoms with E-state index in [2.05, 4.69) is 15.0 Å². The van der Waals surface area contributed by atoms with Gasteiger partial charge in [-0.25, -0.2) is 4.98 Å². The van der Waals surface area contributed by atoms with E-state index >= 15 is 0 Å². The van der Waals surface area contributed by atoms with Gasteiger partial charge >= 0.3 is 0 Å². The summed E-state index contributed by atoms with van der Waals surface area (Å²) in [6.07, 6.45) is 0. The Bertz CT molecular complexity index is 1020. The summed E-state index contributed by atoms with van der Waals surface area (Å²) >= 11 is 1.44. The van der Waals surface area contributed by atoms with Crippen molar-refractivity contribution in [1.82, 2.24) is 19.7 Å². The predicted octanol–water partition coefficient (Wildman–Crippen LogP) is 2.21. The van der Waals surface area contributed by atoms with Crippen LogP contribution in [0.1, 0.15) is 16.2 Å². The number of anilines is 1. The molecule has 0 spiro atoms. The van der Waals surface area contributed by atoms with Crippen molar-refractivity contribution < 1.29 is 9.72 Å². The second kappa shape index (κ2) is 6.62. The molecule has 10 heteroatoms. The highest BCUT2D eigenvalue weighted by Crippen LogP contribution is 2.31. The summed E-state index contributed by atoms with van der Waals surface area (Å²) in [4.78, 5) is 31.6. The zero-order valence-electron chi connectivity index (χ0n) is 15.0. The summed E-state index contributed by atoms with van der Waals surface area (Å²) in [7, 11) is 1.82. The number of benzene rings is 1. The van der Waals surface area contributed by atoms with Crippen LogP contribution in [0, 0.1) is 17.0 Å². The summed E-state index contributed by atoms with van der Waals surface area (Å²) in [6, 6.07) is 6.50. The van der Waals surface area contributed by atoms with Crippen LogP contribution < -0.4 is 4.90 Å². The topological polar surface area (TPSA) is 97.4 Å². The Morgan fingerprint density at radius 3 is 2.59 bits per heavy atom. The molecule has 0 N–H and O–H groups in total. The minimum Gasteiger partial charge on any atom is -0.345 e. The molecule has 27 heavy (non-hydrogen) atoms. The molecule has 1 aromatic carbocycles. The number of aryl methyl sites for hydroxylation is 2. The van der Waals surface area contributed by atoms with Gasteiger partial charge in [0.2, 0.25) is 0 Å². The van der Waals surface area contributed by atoms with Crippen LogP contribution in [0.5, 0.6) is 0 Å². The molecule has 1 amide bonds. The maximum atomic E-state index is 12.6. The number of aromatic nitrogens is 3. The Balaban J connectivity index is 1.46. The highest BCUT2D eigenvalue weighted by molar-refractivity contribution is 7.22. The van der Waals surface area contributed by atoms with E-state index in [4.69, 9.17) is 0 Å². The SMILES string of the molecule is Cc1cc(C(=O)N2CCN(c3nc4ccc([N+](=O)[O-])cc4s3)CC2)nn1C. The van der Waals surface area contributed by atoms with Gasteiger partial charge in [-0.15, -0.1) is 0 Å². The van der Waals surface area contributed by atoms with E-state index in [0.717, 1.165) is 21.0 Å². The van der Waals surface area contributed by atoms with Gasteiger partial charge in [0.25, 0.3) is 11.6 Å². The Kier molecular flexibility index (Phi) is 4.27. The second-order valence-electron chi connectivity index (χ2n) is 6.48. The average Bonchev–Trinajstić information content (AvgIpc) is 3.24. The first kappa shape index (κ1) is 17.4. The van der Waals surface area contributed by atoms with Crippen LogP contribution >= 0.6 is 11.3 Å². The van der Waals surface area contributed by atoms with Gasteiger partial charge in [0.15, 0.2) is 10.8 Å². The fraction of sp³-hybridized carbons (Fsp3) is 0.353. The number of rotatable bonds is 3. The molecule has 1 saturated heterocycles. The molecule has 3 aromatic rings. The Morgan fingerprint density at radius 2 is 1.96 bits per heavy atom. The summed E-state index contributed by atoms with van der Waals surface area (Å²) < 4.78 is 2.49. The van der Waals surface area contributed by atoms with Gasteiger partial charge in [-0.05, 0) is 19.1 Å². The van der Waals surface area contributed by atoms with Gasteiger partial charge in [0.1, 0.15) is 0 Å². The van der Waals surface area contributed by atoms with Gasteiger partial charge in [-0.1, -0.05) is 11.3 Å². The number of nitrogens with zero attached hydrogens (tertiary/aromatic N) is 6. The Hall–Kier alpha value is -3.01. The van der Waals surface area contributed by atoms with E-state index in [1.807, 2.05) is 14.0 Å². The minimum absolute atomic E-state index is 0.0572. The first-order chi connectivity index (χ1) is 12.9. The molecular formula is C17H18N6O3S. The number of fused-ring (bicyclic) bond motifs is 1. The molecule has 2 aromatic heterocycles. The van der Waals surface area contributed by atoms with Crippen LogP contribution in [-0.2, 0) is 7.05 Å². The molecule has 1 fully saturated rings. The predicted molar refractivity (Wildman–Crippen MR) is 102 cm³/mol. The van der Waals surface area contributed by atoms with E-state index in [1.165, 1.54) is 17.4 Å². The highest BCUT2D eigenvalue weighted by atomic mass is 32.1. The van der Waals surface area contributed by atoms with Crippen molar-refractivity contribution >= 4 is 38.3 Å². The molecular weight excluding hydrogens is 368 g/mol. The van der Waals surface area contributed by atoms with Crippen LogP contribution in [0.15, 0.2) is 24.3 Å². The molecule has 1 aliphatic heterocycles. The molecule has 0 unspecified atom stereocenters. The number of piperazine rings is 1. The van der Waals surface area contributed by atoms with Gasteiger partial charge < -0.3 is 9.80 Å². The number of non-ortho nitro benzene ring substituents is 1. The van der Waals surface area contributed by atoms with Crippen molar-refractivity contribution in [2.45, 2.75) is 6.92 Å². The number of carbonyl (C=O) groups excluding carboxylic acids is 1. The zero-order chi connectivity index (χ0) is 19.1. The lowest BCUT2D eigenvalue weighted by atomic mass is 10.2. The minimum atomic E-state index is -0.400. The maximum Gasteiger partial charge on any atom is 0.274 e. The van der Waals surface area contributed by atoms with Crippen LogP contribution in [-0.4, -0.2) is 56.7 Å². The average molecular weight is 386 g/mol. The number of carbonyl (C=O) groups is 1. The van der Waals surface area contributed by atoms with E-state index in [-0.39, 0.29) is 11.6 Å². The van der Waals surface area contributed by atoms with Crippen molar-refractivity contribution in [3.05, 3.63) is 45.8 Å². The van der Waals surface area contributed by atoms with Gasteiger partial charge in [-0.3, -0.25) is 19.6 Å². The molecule has 0 saturated carbocycles. The molecule has 9 nitrogen and oxygen atoms in total. The molecule has 1 aliphatic rings. The normalized spacial score (nSPS) is 14.7. The first-order valence-electron chi connectivity index (χ1n) is 8.52. The second-order valence-corrected chi connectivity index (χ2v) is 7.49. The number of amides is 1. The lowest BCUT2D eigenvalue weighted by Gasteiger charge is -2.34. The lowest BCUT2D eigenvalue weighted by Crippen LogP contribution is -2.48. The van der Waals surface area contributed by atoms with Gasteiger partial charge in [0, 0.05) is 51.1 Å².